The quantitative estimate of drug-likeness (QED) is 0.875. The third kappa shape index (κ3) is 2.93. The molecule has 0 fully saturated rings. The number of aromatic nitrogens is 1. The SMILES string of the molecule is CCC(C)N(C)C(=O)c1cc(F)cnc1NC. The van der Waals surface area contributed by atoms with Crippen molar-refractivity contribution in [2.75, 3.05) is 19.4 Å². The molecule has 0 radical (unpaired) electrons. The van der Waals surface area contributed by atoms with Gasteiger partial charge in [0.15, 0.2) is 0 Å². The van der Waals surface area contributed by atoms with Crippen LogP contribution in [-0.2, 0) is 0 Å². The van der Waals surface area contributed by atoms with Crippen molar-refractivity contribution >= 4 is 11.7 Å². The fourth-order valence-corrected chi connectivity index (χ4v) is 1.47. The molecule has 0 aliphatic rings. The lowest BCUT2D eigenvalue weighted by atomic mass is 10.1. The summed E-state index contributed by atoms with van der Waals surface area (Å²) in [4.78, 5) is 17.6. The van der Waals surface area contributed by atoms with Gasteiger partial charge in [-0.15, -0.1) is 0 Å². The molecular weight excluding hydrogens is 221 g/mol. The second kappa shape index (κ2) is 5.61. The Bertz CT molecular complexity index is 409. The van der Waals surface area contributed by atoms with E-state index in [1.54, 1.807) is 19.0 Å². The van der Waals surface area contributed by atoms with Crippen LogP contribution in [0, 0.1) is 5.82 Å². The van der Waals surface area contributed by atoms with Crippen LogP contribution in [0.3, 0.4) is 0 Å². The van der Waals surface area contributed by atoms with Crippen LogP contribution in [0.15, 0.2) is 12.3 Å². The maximum atomic E-state index is 13.1. The molecule has 1 unspecified atom stereocenters. The molecule has 17 heavy (non-hydrogen) atoms. The predicted molar refractivity (Wildman–Crippen MR) is 65.6 cm³/mol. The summed E-state index contributed by atoms with van der Waals surface area (Å²) in [6.45, 7) is 3.95. The van der Waals surface area contributed by atoms with E-state index >= 15 is 0 Å². The van der Waals surface area contributed by atoms with Crippen LogP contribution in [0.4, 0.5) is 10.2 Å². The van der Waals surface area contributed by atoms with Gasteiger partial charge in [0.25, 0.3) is 5.91 Å². The largest absolute Gasteiger partial charge is 0.372 e. The van der Waals surface area contributed by atoms with E-state index in [2.05, 4.69) is 10.3 Å². The van der Waals surface area contributed by atoms with Gasteiger partial charge < -0.3 is 10.2 Å². The number of amides is 1. The first-order chi connectivity index (χ1) is 8.01. The van der Waals surface area contributed by atoms with Crippen molar-refractivity contribution in [3.05, 3.63) is 23.6 Å². The molecule has 1 amide bonds. The number of anilines is 1. The number of halogens is 1. The number of nitrogens with one attached hydrogen (secondary N) is 1. The Morgan fingerprint density at radius 3 is 2.82 bits per heavy atom. The van der Waals surface area contributed by atoms with Crippen LogP contribution in [0.25, 0.3) is 0 Å². The third-order valence-electron chi connectivity index (χ3n) is 2.89. The van der Waals surface area contributed by atoms with Crippen LogP contribution in [0.1, 0.15) is 30.6 Å². The van der Waals surface area contributed by atoms with Gasteiger partial charge in [-0.3, -0.25) is 4.79 Å². The van der Waals surface area contributed by atoms with Gasteiger partial charge in [0, 0.05) is 20.1 Å². The molecule has 0 bridgehead atoms. The molecule has 0 aliphatic heterocycles. The van der Waals surface area contributed by atoms with Crippen molar-refractivity contribution < 1.29 is 9.18 Å². The maximum Gasteiger partial charge on any atom is 0.257 e. The van der Waals surface area contributed by atoms with Gasteiger partial charge >= 0.3 is 0 Å². The van der Waals surface area contributed by atoms with Gasteiger partial charge in [-0.1, -0.05) is 6.92 Å². The van der Waals surface area contributed by atoms with Crippen molar-refractivity contribution in [1.29, 1.82) is 0 Å². The van der Waals surface area contributed by atoms with E-state index in [1.165, 1.54) is 6.07 Å². The minimum Gasteiger partial charge on any atom is -0.372 e. The number of carbonyl (C=O) groups excluding carboxylic acids is 1. The molecule has 0 aromatic carbocycles. The summed E-state index contributed by atoms with van der Waals surface area (Å²) in [5, 5.41) is 2.79. The average Bonchev–Trinajstić information content (AvgIpc) is 2.35. The highest BCUT2D eigenvalue weighted by molar-refractivity contribution is 5.98. The first kappa shape index (κ1) is 13.4. The highest BCUT2D eigenvalue weighted by Gasteiger charge is 2.20. The van der Waals surface area contributed by atoms with Gasteiger partial charge in [-0.25, -0.2) is 9.37 Å². The van der Waals surface area contributed by atoms with Crippen LogP contribution in [0.2, 0.25) is 0 Å². The highest BCUT2D eigenvalue weighted by Crippen LogP contribution is 2.16. The van der Waals surface area contributed by atoms with E-state index in [4.69, 9.17) is 0 Å². The second-order valence-corrected chi connectivity index (χ2v) is 3.97. The fraction of sp³-hybridized carbons (Fsp3) is 0.500. The molecule has 5 heteroatoms. The van der Waals surface area contributed by atoms with E-state index < -0.39 is 5.82 Å². The molecule has 0 spiro atoms. The molecular formula is C12H18FN3O. The van der Waals surface area contributed by atoms with Gasteiger partial charge in [0.1, 0.15) is 11.6 Å². The van der Waals surface area contributed by atoms with E-state index in [-0.39, 0.29) is 17.5 Å². The number of hydrogen-bond acceptors (Lipinski definition) is 3. The standard InChI is InChI=1S/C12H18FN3O/c1-5-8(2)16(4)12(17)10-6-9(13)7-15-11(10)14-3/h6-8H,5H2,1-4H3,(H,14,15). The Balaban J connectivity index is 3.06. The lowest BCUT2D eigenvalue weighted by molar-refractivity contribution is 0.0740. The second-order valence-electron chi connectivity index (χ2n) is 3.97. The Kier molecular flexibility index (Phi) is 4.43. The molecule has 1 aromatic heterocycles. The van der Waals surface area contributed by atoms with Crippen LogP contribution >= 0.6 is 0 Å². The van der Waals surface area contributed by atoms with Gasteiger partial charge in [-0.05, 0) is 19.4 Å². The summed E-state index contributed by atoms with van der Waals surface area (Å²) in [5.74, 6) is -0.341. The summed E-state index contributed by atoms with van der Waals surface area (Å²) in [6, 6.07) is 1.32. The summed E-state index contributed by atoms with van der Waals surface area (Å²) >= 11 is 0. The molecule has 1 atom stereocenters. The maximum absolute atomic E-state index is 13.1. The first-order valence-electron chi connectivity index (χ1n) is 5.61. The van der Waals surface area contributed by atoms with Crippen LogP contribution in [0.5, 0.6) is 0 Å². The fourth-order valence-electron chi connectivity index (χ4n) is 1.47. The Hall–Kier alpha value is -1.65. The Labute approximate surface area is 101 Å². The lowest BCUT2D eigenvalue weighted by Crippen LogP contribution is -2.35. The lowest BCUT2D eigenvalue weighted by Gasteiger charge is -2.24. The smallest absolute Gasteiger partial charge is 0.257 e. The third-order valence-corrected chi connectivity index (χ3v) is 2.89. The van der Waals surface area contributed by atoms with Crippen LogP contribution < -0.4 is 5.32 Å². The summed E-state index contributed by atoms with van der Waals surface area (Å²) in [6.07, 6.45) is 1.94. The zero-order chi connectivity index (χ0) is 13.0. The van der Waals surface area contributed by atoms with Crippen molar-refractivity contribution in [3.63, 3.8) is 0 Å². The van der Waals surface area contributed by atoms with Crippen molar-refractivity contribution in [1.82, 2.24) is 9.88 Å². The molecule has 1 heterocycles. The minimum atomic E-state index is -0.509. The number of rotatable bonds is 4. The summed E-state index contributed by atoms with van der Waals surface area (Å²) in [7, 11) is 3.36. The molecule has 0 aliphatic carbocycles. The van der Waals surface area contributed by atoms with E-state index in [9.17, 15) is 9.18 Å². The Morgan fingerprint density at radius 2 is 2.29 bits per heavy atom. The highest BCUT2D eigenvalue weighted by atomic mass is 19.1. The number of carbonyl (C=O) groups is 1. The van der Waals surface area contributed by atoms with E-state index in [1.807, 2.05) is 13.8 Å². The number of hydrogen-bond donors (Lipinski definition) is 1. The van der Waals surface area contributed by atoms with E-state index in [0.717, 1.165) is 12.6 Å². The number of pyridine rings is 1. The zero-order valence-corrected chi connectivity index (χ0v) is 10.6. The predicted octanol–water partition coefficient (Wildman–Crippen LogP) is 2.13. The van der Waals surface area contributed by atoms with E-state index in [0.29, 0.717) is 5.82 Å². The Morgan fingerprint density at radius 1 is 1.65 bits per heavy atom. The van der Waals surface area contributed by atoms with Gasteiger partial charge in [0.2, 0.25) is 0 Å². The van der Waals surface area contributed by atoms with Crippen molar-refractivity contribution in [3.8, 4) is 0 Å². The zero-order valence-electron chi connectivity index (χ0n) is 10.6. The number of nitrogens with zero attached hydrogens (tertiary/aromatic N) is 2. The molecule has 0 saturated carbocycles. The molecule has 94 valence electrons. The topological polar surface area (TPSA) is 45.2 Å². The minimum absolute atomic E-state index is 0.107. The molecule has 1 rings (SSSR count). The normalized spacial score (nSPS) is 12.1. The summed E-state index contributed by atoms with van der Waals surface area (Å²) in [5.41, 5.74) is 0.260. The summed E-state index contributed by atoms with van der Waals surface area (Å²) < 4.78 is 13.1. The van der Waals surface area contributed by atoms with Crippen molar-refractivity contribution in [2.24, 2.45) is 0 Å². The first-order valence-corrected chi connectivity index (χ1v) is 5.61. The van der Waals surface area contributed by atoms with Gasteiger partial charge in [-0.2, -0.15) is 0 Å². The molecule has 1 aromatic rings. The van der Waals surface area contributed by atoms with Gasteiger partial charge in [0.05, 0.1) is 11.8 Å². The molecule has 1 N–H and O–H groups in total. The molecule has 4 nitrogen and oxygen atoms in total. The van der Waals surface area contributed by atoms with Crippen LogP contribution in [-0.4, -0.2) is 35.9 Å². The van der Waals surface area contributed by atoms with Crippen molar-refractivity contribution in [2.45, 2.75) is 26.3 Å². The monoisotopic (exact) mass is 239 g/mol. The molecule has 0 saturated heterocycles. The average molecular weight is 239 g/mol.